The third-order valence-electron chi connectivity index (χ3n) is 3.70. The molecule has 3 heterocycles. The van der Waals surface area contributed by atoms with Crippen molar-refractivity contribution in [2.75, 3.05) is 0 Å². The van der Waals surface area contributed by atoms with Crippen molar-refractivity contribution >= 4 is 22.7 Å². The largest absolute Gasteiger partial charge is 0.338 e. The van der Waals surface area contributed by atoms with Crippen LogP contribution in [0.3, 0.4) is 0 Å². The quantitative estimate of drug-likeness (QED) is 0.525. The Morgan fingerprint density at radius 2 is 1.84 bits per heavy atom. The fourth-order valence-corrected chi connectivity index (χ4v) is 3.99. The van der Waals surface area contributed by atoms with Gasteiger partial charge in [-0.2, -0.15) is 4.98 Å². The number of hydrogen-bond acceptors (Lipinski definition) is 6. The maximum atomic E-state index is 13.2. The molecule has 0 radical (unpaired) electrons. The van der Waals surface area contributed by atoms with Crippen molar-refractivity contribution in [1.29, 1.82) is 0 Å². The Balaban J connectivity index is 1.52. The molecule has 0 bridgehead atoms. The van der Waals surface area contributed by atoms with E-state index in [-0.39, 0.29) is 11.9 Å². The van der Waals surface area contributed by atoms with E-state index in [4.69, 9.17) is 4.52 Å². The van der Waals surface area contributed by atoms with Crippen molar-refractivity contribution in [3.63, 3.8) is 0 Å². The highest BCUT2D eigenvalue weighted by Crippen LogP contribution is 2.27. The topological polar surface area (TPSA) is 51.0 Å². The van der Waals surface area contributed by atoms with Gasteiger partial charge in [0.2, 0.25) is 11.7 Å². The molecule has 7 heteroatoms. The molecule has 0 aliphatic rings. The first-order valence-electron chi connectivity index (χ1n) is 7.68. The smallest absolute Gasteiger partial charge is 0.240 e. The molecule has 3 aromatic heterocycles. The molecule has 0 aliphatic heterocycles. The van der Waals surface area contributed by atoms with Crippen molar-refractivity contribution in [3.05, 3.63) is 81.4 Å². The van der Waals surface area contributed by atoms with Crippen LogP contribution in [0, 0.1) is 5.82 Å². The van der Waals surface area contributed by atoms with Crippen molar-refractivity contribution in [1.82, 2.24) is 15.5 Å². The Morgan fingerprint density at radius 3 is 2.56 bits per heavy atom. The first-order chi connectivity index (χ1) is 12.3. The van der Waals surface area contributed by atoms with E-state index in [0.29, 0.717) is 18.3 Å². The van der Waals surface area contributed by atoms with E-state index in [2.05, 4.69) is 21.5 Å². The summed E-state index contributed by atoms with van der Waals surface area (Å²) in [7, 11) is 0. The molecule has 0 unspecified atom stereocenters. The van der Waals surface area contributed by atoms with E-state index < -0.39 is 0 Å². The molecule has 0 amide bonds. The van der Waals surface area contributed by atoms with Gasteiger partial charge in [0.1, 0.15) is 5.82 Å². The first kappa shape index (κ1) is 16.1. The van der Waals surface area contributed by atoms with Crippen LogP contribution >= 0.6 is 22.7 Å². The molecular weight excluding hydrogens is 357 g/mol. The summed E-state index contributed by atoms with van der Waals surface area (Å²) < 4.78 is 18.6. The monoisotopic (exact) mass is 371 g/mol. The molecule has 0 aliphatic carbocycles. The van der Waals surface area contributed by atoms with Crippen LogP contribution in [0.4, 0.5) is 4.39 Å². The third-order valence-corrected chi connectivity index (χ3v) is 5.50. The minimum atomic E-state index is -0.244. The highest BCUT2D eigenvalue weighted by atomic mass is 32.1. The minimum absolute atomic E-state index is 0.0577. The predicted molar refractivity (Wildman–Crippen MR) is 97.0 cm³/mol. The highest BCUT2D eigenvalue weighted by molar-refractivity contribution is 7.13. The van der Waals surface area contributed by atoms with Crippen LogP contribution < -0.4 is 5.32 Å². The lowest BCUT2D eigenvalue weighted by Gasteiger charge is -2.17. The molecule has 0 spiro atoms. The average Bonchev–Trinajstić information content (AvgIpc) is 3.39. The lowest BCUT2D eigenvalue weighted by molar-refractivity contribution is 0.363. The number of nitrogens with one attached hydrogen (secondary N) is 1. The van der Waals surface area contributed by atoms with Gasteiger partial charge in [0.05, 0.1) is 17.5 Å². The molecule has 0 saturated heterocycles. The summed E-state index contributed by atoms with van der Waals surface area (Å²) in [5.41, 5.74) is 0.988. The second-order valence-corrected chi connectivity index (χ2v) is 7.30. The van der Waals surface area contributed by atoms with Crippen LogP contribution in [0.25, 0.3) is 10.7 Å². The van der Waals surface area contributed by atoms with Gasteiger partial charge in [0.15, 0.2) is 0 Å². The fraction of sp³-hybridized carbons (Fsp3) is 0.111. The molecule has 0 saturated carbocycles. The van der Waals surface area contributed by atoms with Gasteiger partial charge in [-0.25, -0.2) is 4.39 Å². The molecule has 1 aromatic carbocycles. The number of benzene rings is 1. The van der Waals surface area contributed by atoms with Gasteiger partial charge in [0.25, 0.3) is 0 Å². The summed E-state index contributed by atoms with van der Waals surface area (Å²) in [6.07, 6.45) is 0. The molecule has 1 atom stereocenters. The first-order valence-corrected chi connectivity index (χ1v) is 9.44. The maximum absolute atomic E-state index is 13.2. The van der Waals surface area contributed by atoms with E-state index in [1.807, 2.05) is 29.0 Å². The fourth-order valence-electron chi connectivity index (χ4n) is 2.52. The number of rotatable bonds is 6. The van der Waals surface area contributed by atoms with Crippen LogP contribution in [0.1, 0.15) is 22.4 Å². The van der Waals surface area contributed by atoms with Crippen molar-refractivity contribution in [2.45, 2.75) is 12.6 Å². The standard InChI is InChI=1S/C18H14FN3OS2/c19-13-7-5-12(6-8-13)17(14-3-1-9-24-14)20-11-16-21-18(22-23-16)15-4-2-10-25-15/h1-10,17,20H,11H2/t17-/m0/s1. The summed E-state index contributed by atoms with van der Waals surface area (Å²) in [6, 6.07) is 14.4. The normalized spacial score (nSPS) is 12.4. The van der Waals surface area contributed by atoms with E-state index in [1.54, 1.807) is 34.8 Å². The zero-order chi connectivity index (χ0) is 17.1. The molecule has 126 valence electrons. The van der Waals surface area contributed by atoms with Crippen molar-refractivity contribution < 1.29 is 8.91 Å². The summed E-state index contributed by atoms with van der Waals surface area (Å²) in [5, 5.41) is 11.4. The number of hydrogen-bond donors (Lipinski definition) is 1. The maximum Gasteiger partial charge on any atom is 0.240 e. The Bertz CT molecular complexity index is 918. The average molecular weight is 371 g/mol. The Morgan fingerprint density at radius 1 is 1.04 bits per heavy atom. The number of aromatic nitrogens is 2. The second kappa shape index (κ2) is 7.26. The summed E-state index contributed by atoms with van der Waals surface area (Å²) in [6.45, 7) is 0.429. The van der Waals surface area contributed by atoms with Gasteiger partial charge in [-0.15, -0.1) is 22.7 Å². The Labute approximate surface area is 152 Å². The molecule has 1 N–H and O–H groups in total. The molecule has 4 rings (SSSR count). The van der Waals surface area contributed by atoms with E-state index >= 15 is 0 Å². The number of thiophene rings is 2. The van der Waals surface area contributed by atoms with Crippen LogP contribution in [-0.2, 0) is 6.54 Å². The van der Waals surface area contributed by atoms with Crippen LogP contribution in [0.5, 0.6) is 0 Å². The minimum Gasteiger partial charge on any atom is -0.338 e. The Hall–Kier alpha value is -2.35. The van der Waals surface area contributed by atoms with Gasteiger partial charge in [-0.05, 0) is 40.6 Å². The van der Waals surface area contributed by atoms with Crippen LogP contribution in [0.2, 0.25) is 0 Å². The Kier molecular flexibility index (Phi) is 4.69. The SMILES string of the molecule is Fc1ccc([C@H](NCc2nc(-c3cccs3)no2)c2cccs2)cc1. The van der Waals surface area contributed by atoms with E-state index in [1.165, 1.54) is 12.1 Å². The molecule has 25 heavy (non-hydrogen) atoms. The van der Waals surface area contributed by atoms with Gasteiger partial charge < -0.3 is 4.52 Å². The predicted octanol–water partition coefficient (Wildman–Crippen LogP) is 4.88. The van der Waals surface area contributed by atoms with Gasteiger partial charge in [-0.1, -0.05) is 29.4 Å². The van der Waals surface area contributed by atoms with Crippen molar-refractivity contribution in [3.8, 4) is 10.7 Å². The molecule has 4 aromatic rings. The lowest BCUT2D eigenvalue weighted by atomic mass is 10.1. The van der Waals surface area contributed by atoms with E-state index in [9.17, 15) is 4.39 Å². The lowest BCUT2D eigenvalue weighted by Crippen LogP contribution is -2.21. The van der Waals surface area contributed by atoms with Crippen LogP contribution in [0.15, 0.2) is 63.8 Å². The third kappa shape index (κ3) is 3.68. The van der Waals surface area contributed by atoms with Gasteiger partial charge in [-0.3, -0.25) is 5.32 Å². The number of halogens is 1. The van der Waals surface area contributed by atoms with Crippen molar-refractivity contribution in [2.24, 2.45) is 0 Å². The van der Waals surface area contributed by atoms with Gasteiger partial charge >= 0.3 is 0 Å². The van der Waals surface area contributed by atoms with Crippen LogP contribution in [-0.4, -0.2) is 10.1 Å². The van der Waals surface area contributed by atoms with Gasteiger partial charge in [0, 0.05) is 4.88 Å². The molecule has 4 nitrogen and oxygen atoms in total. The summed E-state index contributed by atoms with van der Waals surface area (Å²) in [5.74, 6) is 0.875. The second-order valence-electron chi connectivity index (χ2n) is 5.37. The van der Waals surface area contributed by atoms with E-state index in [0.717, 1.165) is 15.3 Å². The summed E-state index contributed by atoms with van der Waals surface area (Å²) >= 11 is 3.22. The molecule has 0 fully saturated rings. The zero-order valence-corrected chi connectivity index (χ0v) is 14.7. The highest BCUT2D eigenvalue weighted by Gasteiger charge is 2.17. The zero-order valence-electron chi connectivity index (χ0n) is 13.1. The summed E-state index contributed by atoms with van der Waals surface area (Å²) in [4.78, 5) is 6.55. The number of nitrogens with zero attached hydrogens (tertiary/aromatic N) is 2. The molecular formula is C18H14FN3OS2.